The number of alkyl halides is 3. The summed E-state index contributed by atoms with van der Waals surface area (Å²) in [5.74, 6) is 0. The quantitative estimate of drug-likeness (QED) is 0.163. The monoisotopic (exact) mass is 892 g/mol. The van der Waals surface area contributed by atoms with Crippen LogP contribution in [0.3, 0.4) is 0 Å². The molecule has 10 heteroatoms. The van der Waals surface area contributed by atoms with Gasteiger partial charge in [-0.1, -0.05) is 91.9 Å². The maximum atomic E-state index is 12.8. The van der Waals surface area contributed by atoms with Crippen LogP contribution in [0.1, 0.15) is 12.5 Å². The van der Waals surface area contributed by atoms with Gasteiger partial charge in [0.25, 0.3) is 9.84 Å². The Balaban J connectivity index is 0.000000181. The number of aryl methyl sites for hydroxylation is 3. The molecule has 0 unspecified atom stereocenters. The SMILES string of the molecule is CCc1ccc2c(ccc3c4ccccc4n(C)c23)c1.Cn1c2ccccc2c2ccc3cc(S(=O)(=O)C(F)(F)F)ccc3c21.[B].[No]. The molecule has 6 aromatic carbocycles. The molecule has 0 saturated heterocycles. The largest absolute Gasteiger partial charge is 0.501 e. The Kier molecular flexibility index (Phi) is 8.02. The first-order valence-corrected chi connectivity index (χ1v) is 16.1. The maximum Gasteiger partial charge on any atom is 0.501 e. The van der Waals surface area contributed by atoms with Crippen molar-refractivity contribution in [2.45, 2.75) is 23.7 Å². The van der Waals surface area contributed by atoms with Gasteiger partial charge in [0.1, 0.15) is 0 Å². The molecule has 0 fully saturated rings. The van der Waals surface area contributed by atoms with Crippen LogP contribution in [-0.4, -0.2) is 31.5 Å². The zero-order valence-electron chi connectivity index (χ0n) is 25.7. The second-order valence-corrected chi connectivity index (χ2v) is 13.3. The second kappa shape index (κ2) is 11.6. The van der Waals surface area contributed by atoms with Crippen LogP contribution in [0.4, 0.5) is 13.2 Å². The van der Waals surface area contributed by atoms with E-state index in [-0.39, 0.29) is 8.41 Å². The molecule has 8 aromatic rings. The molecule has 0 aliphatic carbocycles. The number of para-hydroxylation sites is 2. The van der Waals surface area contributed by atoms with Crippen molar-refractivity contribution in [1.29, 1.82) is 0 Å². The molecular formula is C37H29BF3N2NoO2S. The van der Waals surface area contributed by atoms with E-state index in [1.807, 2.05) is 41.9 Å². The van der Waals surface area contributed by atoms with Gasteiger partial charge in [-0.2, -0.15) is 13.2 Å². The Hall–Kier alpha value is -5.76. The summed E-state index contributed by atoms with van der Waals surface area (Å²) in [7, 11) is -1.32. The molecule has 0 aliphatic heterocycles. The van der Waals surface area contributed by atoms with Crippen LogP contribution in [0.25, 0.3) is 65.2 Å². The summed E-state index contributed by atoms with van der Waals surface area (Å²) in [4.78, 5) is -0.745. The molecule has 0 spiro atoms. The van der Waals surface area contributed by atoms with Gasteiger partial charge in [-0.05, 0) is 47.0 Å². The predicted molar refractivity (Wildman–Crippen MR) is 184 cm³/mol. The molecule has 4 nitrogen and oxygen atoms in total. The predicted octanol–water partition coefficient (Wildman–Crippen LogP) is 9.44. The van der Waals surface area contributed by atoms with Crippen LogP contribution in [0.5, 0.6) is 0 Å². The molecule has 0 aliphatic rings. The van der Waals surface area contributed by atoms with Gasteiger partial charge >= 0.3 is 5.51 Å². The molecule has 0 bridgehead atoms. The van der Waals surface area contributed by atoms with Gasteiger partial charge in [0, 0.05) is 65.9 Å². The van der Waals surface area contributed by atoms with E-state index in [2.05, 4.69) is 73.1 Å². The van der Waals surface area contributed by atoms with E-state index in [1.54, 1.807) is 6.07 Å². The summed E-state index contributed by atoms with van der Waals surface area (Å²) < 4.78 is 65.9. The van der Waals surface area contributed by atoms with Crippen molar-refractivity contribution in [2.24, 2.45) is 14.1 Å². The molecule has 3 radical (unpaired) electrons. The fourth-order valence-electron chi connectivity index (χ4n) is 6.56. The Morgan fingerprint density at radius 1 is 0.596 bits per heavy atom. The maximum absolute atomic E-state index is 12.8. The van der Waals surface area contributed by atoms with Gasteiger partial charge in [0.15, 0.2) is 0 Å². The van der Waals surface area contributed by atoms with E-state index in [0.29, 0.717) is 10.8 Å². The van der Waals surface area contributed by atoms with Gasteiger partial charge in [-0.15, -0.1) is 0 Å². The van der Waals surface area contributed by atoms with Crippen LogP contribution in [0.2, 0.25) is 0 Å². The summed E-state index contributed by atoms with van der Waals surface area (Å²) in [5, 5.41) is 8.53. The van der Waals surface area contributed by atoms with Gasteiger partial charge in [-0.25, -0.2) is 8.42 Å². The number of fused-ring (bicyclic) bond motifs is 10. The number of rotatable bonds is 2. The van der Waals surface area contributed by atoms with Crippen LogP contribution in [0.15, 0.2) is 114 Å². The van der Waals surface area contributed by atoms with Gasteiger partial charge < -0.3 is 9.13 Å². The summed E-state index contributed by atoms with van der Waals surface area (Å²) in [5.41, 5.74) is 0.577. The summed E-state index contributed by atoms with van der Waals surface area (Å²) in [6.07, 6.45) is 1.09. The van der Waals surface area contributed by atoms with Crippen molar-refractivity contribution in [3.8, 4) is 0 Å². The molecule has 2 aromatic heterocycles. The second-order valence-electron chi connectivity index (χ2n) is 11.3. The summed E-state index contributed by atoms with van der Waals surface area (Å²) in [6.45, 7) is 2.20. The van der Waals surface area contributed by atoms with Crippen molar-refractivity contribution < 1.29 is 21.6 Å². The number of hydrogen-bond donors (Lipinski definition) is 0. The fraction of sp³-hybridized carbons (Fsp3) is 0.135. The first kappa shape index (κ1) is 32.6. The average Bonchev–Trinajstić information content (AvgIpc) is 3.51. The summed E-state index contributed by atoms with van der Waals surface area (Å²) in [6, 6.07) is 34.8. The van der Waals surface area contributed by atoms with E-state index in [1.165, 1.54) is 44.2 Å². The smallest absolute Gasteiger partial charge is 0.343 e. The van der Waals surface area contributed by atoms with Crippen LogP contribution in [-0.2, 0) is 30.4 Å². The minimum atomic E-state index is -5.36. The third-order valence-electron chi connectivity index (χ3n) is 8.82. The van der Waals surface area contributed by atoms with Crippen molar-refractivity contribution in [2.75, 3.05) is 0 Å². The first-order chi connectivity index (χ1) is 21.5. The van der Waals surface area contributed by atoms with Gasteiger partial charge in [0.2, 0.25) is 0 Å². The Morgan fingerprint density at radius 3 is 1.53 bits per heavy atom. The van der Waals surface area contributed by atoms with Crippen LogP contribution < -0.4 is 0 Å². The number of halogens is 3. The Morgan fingerprint density at radius 2 is 1.04 bits per heavy atom. The van der Waals surface area contributed by atoms with Gasteiger partial charge in [0.05, 0.1) is 15.9 Å². The number of aromatic nitrogens is 2. The molecule has 243 valence electrons. The van der Waals surface area contributed by atoms with Crippen LogP contribution >= 0.6 is 0 Å². The molecule has 0 saturated carbocycles. The molecule has 8 rings (SSSR count). The van der Waals surface area contributed by atoms with E-state index in [9.17, 15) is 21.6 Å². The molecule has 0 N–H and O–H groups in total. The molecule has 2 heterocycles. The fourth-order valence-corrected chi connectivity index (χ4v) is 7.36. The number of nitrogens with zero attached hydrogens (tertiary/aromatic N) is 2. The molecule has 0 amide bonds. The Bertz CT molecular complexity index is 2570. The topological polar surface area (TPSA) is 44.0 Å². The van der Waals surface area contributed by atoms with Crippen molar-refractivity contribution in [1.82, 2.24) is 9.13 Å². The number of benzene rings is 6. The van der Waals surface area contributed by atoms with Crippen molar-refractivity contribution in [3.05, 3.63) is 115 Å². The molecule has 0 atom stereocenters. The molecule has 47 heavy (non-hydrogen) atoms. The Labute approximate surface area is 266 Å². The summed E-state index contributed by atoms with van der Waals surface area (Å²) >= 11 is 0. The van der Waals surface area contributed by atoms with Crippen molar-refractivity contribution >= 4 is 83.4 Å². The normalized spacial score (nSPS) is 12.0. The van der Waals surface area contributed by atoms with E-state index >= 15 is 0 Å². The molecular weight excluding hydrogens is 863 g/mol. The van der Waals surface area contributed by atoms with E-state index < -0.39 is 20.2 Å². The third-order valence-corrected chi connectivity index (χ3v) is 10.3. The van der Waals surface area contributed by atoms with Gasteiger partial charge in [-0.3, -0.25) is 0 Å². The van der Waals surface area contributed by atoms with Crippen molar-refractivity contribution in [3.63, 3.8) is 0 Å². The standard InChI is InChI=1S/C19H17N.C18H12F3NO2S.B.No/c1-3-13-8-10-15-14(12-13)9-11-17-16-6-4-5-7-18(16)20(2)19(15)17;1-22-16-5-3-2-4-14(16)15-8-6-11-10-12(7-9-13(11)17(15)22)25(23,24)18(19,20)21;;/h4-12H,3H2,1-2H3;2-10H,1H3;;. The zero-order chi connectivity index (χ0) is 31.7. The zero-order valence-corrected chi connectivity index (χ0v) is 28.7. The average molecular weight is 893 g/mol. The first-order valence-electron chi connectivity index (χ1n) is 14.6. The van der Waals surface area contributed by atoms with E-state index in [0.717, 1.165) is 40.4 Å². The minimum absolute atomic E-state index is 0. The number of sulfone groups is 1. The van der Waals surface area contributed by atoms with Crippen LogP contribution in [0, 0.1) is 0 Å². The minimum Gasteiger partial charge on any atom is -0.343 e. The third kappa shape index (κ3) is 4.93. The number of hydrogen-bond acceptors (Lipinski definition) is 2. The van der Waals surface area contributed by atoms with E-state index in [4.69, 9.17) is 0 Å².